The smallest absolute Gasteiger partial charge is 0.115 e. The number of aromatic amines is 1. The van der Waals surface area contributed by atoms with Crippen molar-refractivity contribution >= 4 is 21.8 Å². The molecule has 0 aliphatic rings. The van der Waals surface area contributed by atoms with Crippen molar-refractivity contribution < 1.29 is 4.39 Å². The van der Waals surface area contributed by atoms with Gasteiger partial charge in [0, 0.05) is 22.5 Å². The van der Waals surface area contributed by atoms with Crippen molar-refractivity contribution in [3.8, 4) is 5.82 Å². The number of benzene rings is 2. The van der Waals surface area contributed by atoms with Gasteiger partial charge < -0.3 is 9.55 Å². The van der Waals surface area contributed by atoms with Gasteiger partial charge >= 0.3 is 0 Å². The zero-order chi connectivity index (χ0) is 16.4. The normalized spacial score (nSPS) is 11.5. The summed E-state index contributed by atoms with van der Waals surface area (Å²) in [4.78, 5) is 3.51. The molecule has 3 heteroatoms. The van der Waals surface area contributed by atoms with Gasteiger partial charge in [0.2, 0.25) is 0 Å². The van der Waals surface area contributed by atoms with E-state index in [1.807, 2.05) is 6.07 Å². The van der Waals surface area contributed by atoms with Gasteiger partial charge in [-0.15, -0.1) is 0 Å². The molecule has 0 amide bonds. The Morgan fingerprint density at radius 2 is 1.75 bits per heavy atom. The molecule has 24 heavy (non-hydrogen) atoms. The first kappa shape index (κ1) is 15.0. The van der Waals surface area contributed by atoms with Gasteiger partial charge in [-0.05, 0) is 43.0 Å². The van der Waals surface area contributed by atoms with E-state index in [9.17, 15) is 4.39 Å². The van der Waals surface area contributed by atoms with Crippen molar-refractivity contribution in [2.24, 2.45) is 0 Å². The third-order valence-corrected chi connectivity index (χ3v) is 4.65. The molecular formula is C21H21FN2. The van der Waals surface area contributed by atoms with Crippen LogP contribution in [0.15, 0.2) is 60.8 Å². The van der Waals surface area contributed by atoms with Gasteiger partial charge in [-0.1, -0.05) is 42.8 Å². The predicted octanol–water partition coefficient (Wildman–Crippen LogP) is 5.79. The van der Waals surface area contributed by atoms with Crippen molar-refractivity contribution in [2.45, 2.75) is 25.7 Å². The molecule has 2 aromatic carbocycles. The lowest BCUT2D eigenvalue weighted by Gasteiger charge is -2.01. The fraction of sp³-hybridized carbons (Fsp3) is 0.238. The fourth-order valence-electron chi connectivity index (χ4n) is 3.42. The molecule has 0 radical (unpaired) electrons. The number of nitrogens with one attached hydrogen (secondary N) is 1. The zero-order valence-electron chi connectivity index (χ0n) is 13.6. The molecule has 0 aliphatic heterocycles. The monoisotopic (exact) mass is 320 g/mol. The third kappa shape index (κ3) is 2.71. The van der Waals surface area contributed by atoms with E-state index in [-0.39, 0.29) is 6.67 Å². The highest BCUT2D eigenvalue weighted by molar-refractivity contribution is 5.87. The van der Waals surface area contributed by atoms with E-state index in [1.165, 1.54) is 21.9 Å². The second kappa shape index (κ2) is 6.52. The highest BCUT2D eigenvalue weighted by atomic mass is 19.1. The number of fused-ring (bicyclic) bond motifs is 2. The van der Waals surface area contributed by atoms with Gasteiger partial charge in [0.25, 0.3) is 0 Å². The minimum absolute atomic E-state index is 0.211. The van der Waals surface area contributed by atoms with Gasteiger partial charge in [-0.3, -0.25) is 4.39 Å². The Labute approximate surface area is 140 Å². The summed E-state index contributed by atoms with van der Waals surface area (Å²) in [5.41, 5.74) is 3.70. The molecule has 4 aromatic rings. The lowest BCUT2D eigenvalue weighted by Crippen LogP contribution is -1.91. The number of halogens is 1. The van der Waals surface area contributed by atoms with Crippen molar-refractivity contribution in [2.75, 3.05) is 6.67 Å². The molecule has 2 aromatic heterocycles. The molecule has 0 bridgehead atoms. The Hall–Kier alpha value is -2.55. The predicted molar refractivity (Wildman–Crippen MR) is 98.7 cm³/mol. The van der Waals surface area contributed by atoms with Gasteiger partial charge in [-0.2, -0.15) is 0 Å². The molecular weight excluding hydrogens is 299 g/mol. The van der Waals surface area contributed by atoms with E-state index in [1.54, 1.807) is 0 Å². The highest BCUT2D eigenvalue weighted by Crippen LogP contribution is 2.27. The Morgan fingerprint density at radius 1 is 0.917 bits per heavy atom. The topological polar surface area (TPSA) is 20.7 Å². The summed E-state index contributed by atoms with van der Waals surface area (Å²) < 4.78 is 14.5. The Bertz CT molecular complexity index is 931. The number of aromatic nitrogens is 2. The van der Waals surface area contributed by atoms with E-state index >= 15 is 0 Å². The highest BCUT2D eigenvalue weighted by Gasteiger charge is 2.11. The van der Waals surface area contributed by atoms with E-state index in [2.05, 4.69) is 64.3 Å². The average molecular weight is 320 g/mol. The maximum atomic E-state index is 12.3. The van der Waals surface area contributed by atoms with Crippen LogP contribution in [0, 0.1) is 0 Å². The zero-order valence-corrected chi connectivity index (χ0v) is 13.6. The van der Waals surface area contributed by atoms with E-state index < -0.39 is 0 Å². The number of para-hydroxylation sites is 2. The number of aryl methyl sites for hydroxylation is 1. The lowest BCUT2D eigenvalue weighted by atomic mass is 10.1. The Morgan fingerprint density at radius 3 is 2.62 bits per heavy atom. The molecule has 0 saturated carbocycles. The number of alkyl halides is 1. The summed E-state index contributed by atoms with van der Waals surface area (Å²) in [5.74, 6) is 1.09. The van der Waals surface area contributed by atoms with Gasteiger partial charge in [0.05, 0.1) is 12.2 Å². The van der Waals surface area contributed by atoms with E-state index in [0.29, 0.717) is 6.42 Å². The van der Waals surface area contributed by atoms with Crippen molar-refractivity contribution in [3.63, 3.8) is 0 Å². The molecule has 0 fully saturated rings. The molecule has 122 valence electrons. The van der Waals surface area contributed by atoms with Crippen LogP contribution in [0.2, 0.25) is 0 Å². The van der Waals surface area contributed by atoms with Crippen LogP contribution in [-0.2, 0) is 6.42 Å². The average Bonchev–Trinajstić information content (AvgIpc) is 3.20. The van der Waals surface area contributed by atoms with Gasteiger partial charge in [0.1, 0.15) is 5.82 Å². The van der Waals surface area contributed by atoms with Crippen LogP contribution in [0.5, 0.6) is 0 Å². The van der Waals surface area contributed by atoms with Crippen LogP contribution in [0.1, 0.15) is 24.8 Å². The first-order chi connectivity index (χ1) is 11.9. The standard InChI is InChI=1S/C21H21FN2/c22-13-7-1-2-9-17-15-24(20-12-6-4-10-18(17)20)21-14-16-8-3-5-11-19(16)23-21/h3-6,8,10-12,14-15,23H,1-2,7,9,13H2. The fourth-order valence-corrected chi connectivity index (χ4v) is 3.42. The quantitative estimate of drug-likeness (QED) is 0.434. The summed E-state index contributed by atoms with van der Waals surface area (Å²) in [7, 11) is 0. The van der Waals surface area contributed by atoms with Gasteiger partial charge in [-0.25, -0.2) is 0 Å². The number of unbranched alkanes of at least 4 members (excludes halogenated alkanes) is 2. The Kier molecular flexibility index (Phi) is 4.08. The maximum absolute atomic E-state index is 12.3. The molecule has 0 saturated heterocycles. The molecule has 0 aliphatic carbocycles. The third-order valence-electron chi connectivity index (χ3n) is 4.65. The summed E-state index contributed by atoms with van der Waals surface area (Å²) in [6.45, 7) is -0.211. The summed E-state index contributed by atoms with van der Waals surface area (Å²) >= 11 is 0. The molecule has 0 spiro atoms. The largest absolute Gasteiger partial charge is 0.341 e. The van der Waals surface area contributed by atoms with Crippen molar-refractivity contribution in [3.05, 3.63) is 66.4 Å². The van der Waals surface area contributed by atoms with Crippen LogP contribution < -0.4 is 0 Å². The van der Waals surface area contributed by atoms with Crippen molar-refractivity contribution in [1.82, 2.24) is 9.55 Å². The van der Waals surface area contributed by atoms with Crippen molar-refractivity contribution in [1.29, 1.82) is 0 Å². The number of hydrogen-bond acceptors (Lipinski definition) is 0. The van der Waals surface area contributed by atoms with Crippen LogP contribution >= 0.6 is 0 Å². The molecule has 4 rings (SSSR count). The summed E-state index contributed by atoms with van der Waals surface area (Å²) in [6, 6.07) is 19.0. The molecule has 0 unspecified atom stereocenters. The van der Waals surface area contributed by atoms with Crippen LogP contribution in [-0.4, -0.2) is 16.2 Å². The van der Waals surface area contributed by atoms with Crippen LogP contribution in [0.3, 0.4) is 0 Å². The number of nitrogens with zero attached hydrogens (tertiary/aromatic N) is 1. The maximum Gasteiger partial charge on any atom is 0.115 e. The Balaban J connectivity index is 1.74. The summed E-state index contributed by atoms with van der Waals surface area (Å²) in [6.07, 6.45) is 5.87. The molecule has 1 N–H and O–H groups in total. The summed E-state index contributed by atoms with van der Waals surface area (Å²) in [5, 5.41) is 2.51. The minimum Gasteiger partial charge on any atom is -0.341 e. The number of hydrogen-bond donors (Lipinski definition) is 1. The SMILES string of the molecule is FCCCCCc1cn(-c2cc3ccccc3[nH]2)c2ccccc12. The first-order valence-corrected chi connectivity index (χ1v) is 8.60. The second-order valence-corrected chi connectivity index (χ2v) is 6.28. The molecule has 0 atom stereocenters. The molecule has 2 nitrogen and oxygen atoms in total. The van der Waals surface area contributed by atoms with Crippen LogP contribution in [0.25, 0.3) is 27.6 Å². The number of rotatable bonds is 6. The van der Waals surface area contributed by atoms with Gasteiger partial charge in [0.15, 0.2) is 0 Å². The second-order valence-electron chi connectivity index (χ2n) is 6.28. The minimum atomic E-state index is -0.211. The van der Waals surface area contributed by atoms with Crippen LogP contribution in [0.4, 0.5) is 4.39 Å². The lowest BCUT2D eigenvalue weighted by molar-refractivity contribution is 0.456. The van der Waals surface area contributed by atoms with E-state index in [0.717, 1.165) is 30.6 Å². The molecule has 2 heterocycles. The first-order valence-electron chi connectivity index (χ1n) is 8.60. The number of H-pyrrole nitrogens is 1. The van der Waals surface area contributed by atoms with E-state index in [4.69, 9.17) is 0 Å².